The van der Waals surface area contributed by atoms with E-state index >= 15 is 0 Å². The highest BCUT2D eigenvalue weighted by molar-refractivity contribution is 6.30. The molecule has 1 saturated heterocycles. The third kappa shape index (κ3) is 4.96. The predicted molar refractivity (Wildman–Crippen MR) is 106 cm³/mol. The molecule has 1 N–H and O–H groups in total. The van der Waals surface area contributed by atoms with Crippen molar-refractivity contribution in [1.82, 2.24) is 15.2 Å². The number of benzene rings is 1. The molecule has 0 aliphatic carbocycles. The lowest BCUT2D eigenvalue weighted by Crippen LogP contribution is -2.54. The maximum Gasteiger partial charge on any atom is 0.237 e. The molecule has 0 spiro atoms. The van der Waals surface area contributed by atoms with Gasteiger partial charge in [-0.25, -0.2) is 0 Å². The summed E-state index contributed by atoms with van der Waals surface area (Å²) in [5.74, 6) is 0.0841. The van der Waals surface area contributed by atoms with Crippen LogP contribution in [0.3, 0.4) is 0 Å². The molecule has 1 aliphatic heterocycles. The Balaban J connectivity index is 1.43. The summed E-state index contributed by atoms with van der Waals surface area (Å²) in [4.78, 5) is 21.3. The number of anilines is 1. The van der Waals surface area contributed by atoms with Gasteiger partial charge in [-0.1, -0.05) is 17.7 Å². The van der Waals surface area contributed by atoms with Crippen LogP contribution >= 0.6 is 11.6 Å². The van der Waals surface area contributed by atoms with Crippen LogP contribution in [-0.2, 0) is 11.2 Å². The zero-order valence-corrected chi connectivity index (χ0v) is 15.8. The number of pyridine rings is 1. The van der Waals surface area contributed by atoms with Crippen LogP contribution in [0.2, 0.25) is 5.02 Å². The van der Waals surface area contributed by atoms with Gasteiger partial charge in [-0.2, -0.15) is 0 Å². The molecule has 2 aromatic rings. The first kappa shape index (κ1) is 18.7. The second kappa shape index (κ2) is 9.01. The quantitative estimate of drug-likeness (QED) is 0.846. The highest BCUT2D eigenvalue weighted by Gasteiger charge is 2.25. The molecule has 2 heterocycles. The summed E-state index contributed by atoms with van der Waals surface area (Å²) in [6.07, 6.45) is 2.53. The molecule has 0 bridgehead atoms. The molecule has 0 saturated carbocycles. The van der Waals surface area contributed by atoms with Crippen LogP contribution < -0.4 is 10.2 Å². The number of halogens is 1. The predicted octanol–water partition coefficient (Wildman–Crippen LogP) is 2.60. The van der Waals surface area contributed by atoms with Crippen LogP contribution in [0.4, 0.5) is 5.69 Å². The maximum atomic E-state index is 12.4. The number of nitrogens with zero attached hydrogens (tertiary/aromatic N) is 3. The fourth-order valence-electron chi connectivity index (χ4n) is 3.19. The van der Waals surface area contributed by atoms with Crippen LogP contribution in [0.1, 0.15) is 12.6 Å². The number of carbonyl (C=O) groups excluding carboxylic acids is 1. The summed E-state index contributed by atoms with van der Waals surface area (Å²) in [6.45, 7) is 6.16. The zero-order valence-electron chi connectivity index (χ0n) is 15.1. The molecule has 26 heavy (non-hydrogen) atoms. The Kier molecular flexibility index (Phi) is 6.47. The van der Waals surface area contributed by atoms with E-state index in [1.54, 1.807) is 6.20 Å². The van der Waals surface area contributed by atoms with Crippen molar-refractivity contribution >= 4 is 23.2 Å². The smallest absolute Gasteiger partial charge is 0.237 e. The van der Waals surface area contributed by atoms with Crippen LogP contribution in [0.15, 0.2) is 48.7 Å². The number of rotatable bonds is 6. The summed E-state index contributed by atoms with van der Waals surface area (Å²) >= 11 is 5.96. The summed E-state index contributed by atoms with van der Waals surface area (Å²) in [6, 6.07) is 13.7. The van der Waals surface area contributed by atoms with Gasteiger partial charge in [0.1, 0.15) is 0 Å². The lowest BCUT2D eigenvalue weighted by Gasteiger charge is -2.38. The monoisotopic (exact) mass is 372 g/mol. The normalized spacial score (nSPS) is 16.3. The van der Waals surface area contributed by atoms with E-state index in [-0.39, 0.29) is 11.9 Å². The summed E-state index contributed by atoms with van der Waals surface area (Å²) in [5, 5.41) is 3.78. The molecule has 1 atom stereocenters. The first-order valence-electron chi connectivity index (χ1n) is 9.05. The maximum absolute atomic E-state index is 12.4. The molecular formula is C20H25ClN4O. The lowest BCUT2D eigenvalue weighted by atomic mass is 10.2. The fraction of sp³-hybridized carbons (Fsp3) is 0.400. The number of piperazine rings is 1. The van der Waals surface area contributed by atoms with Crippen molar-refractivity contribution in [1.29, 1.82) is 0 Å². The van der Waals surface area contributed by atoms with Gasteiger partial charge in [0.2, 0.25) is 5.91 Å². The van der Waals surface area contributed by atoms with Gasteiger partial charge >= 0.3 is 0 Å². The Morgan fingerprint density at radius 3 is 2.54 bits per heavy atom. The van der Waals surface area contributed by atoms with Crippen LogP contribution in [0, 0.1) is 0 Å². The van der Waals surface area contributed by atoms with E-state index in [9.17, 15) is 4.79 Å². The largest absolute Gasteiger partial charge is 0.369 e. The fourth-order valence-corrected chi connectivity index (χ4v) is 3.32. The Hall–Kier alpha value is -2.11. The van der Waals surface area contributed by atoms with E-state index in [2.05, 4.69) is 20.1 Å². The van der Waals surface area contributed by atoms with Gasteiger partial charge in [-0.3, -0.25) is 14.7 Å². The van der Waals surface area contributed by atoms with Gasteiger partial charge in [0.05, 0.1) is 6.04 Å². The summed E-state index contributed by atoms with van der Waals surface area (Å²) in [5.41, 5.74) is 2.18. The van der Waals surface area contributed by atoms with E-state index in [0.29, 0.717) is 6.54 Å². The molecule has 1 aromatic carbocycles. The van der Waals surface area contributed by atoms with Crippen molar-refractivity contribution in [3.63, 3.8) is 0 Å². The molecule has 138 valence electrons. The van der Waals surface area contributed by atoms with Crippen molar-refractivity contribution in [2.45, 2.75) is 19.4 Å². The van der Waals surface area contributed by atoms with Gasteiger partial charge in [0, 0.05) is 61.7 Å². The first-order valence-corrected chi connectivity index (χ1v) is 9.43. The van der Waals surface area contributed by atoms with E-state index in [0.717, 1.165) is 43.3 Å². The average molecular weight is 373 g/mol. The highest BCUT2D eigenvalue weighted by Crippen LogP contribution is 2.20. The van der Waals surface area contributed by atoms with Gasteiger partial charge in [0.25, 0.3) is 0 Å². The van der Waals surface area contributed by atoms with Crippen LogP contribution in [0.25, 0.3) is 0 Å². The molecule has 5 nitrogen and oxygen atoms in total. The SMILES string of the molecule is C[C@@H](C(=O)NCCc1ccccn1)N1CCN(c2ccc(Cl)cc2)CC1. The van der Waals surface area contributed by atoms with Gasteiger partial charge in [-0.05, 0) is 43.3 Å². The van der Waals surface area contributed by atoms with Crippen molar-refractivity contribution in [3.8, 4) is 0 Å². The average Bonchev–Trinajstić information content (AvgIpc) is 2.69. The third-order valence-corrected chi connectivity index (χ3v) is 5.09. The van der Waals surface area contributed by atoms with E-state index in [1.165, 1.54) is 5.69 Å². The Bertz CT molecular complexity index is 700. The molecule has 3 rings (SSSR count). The van der Waals surface area contributed by atoms with Crippen LogP contribution in [-0.4, -0.2) is 54.6 Å². The van der Waals surface area contributed by atoms with Crippen molar-refractivity contribution in [2.24, 2.45) is 0 Å². The number of hydrogen-bond acceptors (Lipinski definition) is 4. The molecule has 0 unspecified atom stereocenters. The van der Waals surface area contributed by atoms with Gasteiger partial charge < -0.3 is 10.2 Å². The second-order valence-electron chi connectivity index (χ2n) is 6.54. The molecule has 1 fully saturated rings. The number of hydrogen-bond donors (Lipinski definition) is 1. The summed E-state index contributed by atoms with van der Waals surface area (Å²) < 4.78 is 0. The van der Waals surface area contributed by atoms with Crippen molar-refractivity contribution < 1.29 is 4.79 Å². The van der Waals surface area contributed by atoms with E-state index < -0.39 is 0 Å². The molecular weight excluding hydrogens is 348 g/mol. The minimum atomic E-state index is -0.119. The number of carbonyl (C=O) groups is 1. The highest BCUT2D eigenvalue weighted by atomic mass is 35.5. The van der Waals surface area contributed by atoms with Gasteiger partial charge in [0.15, 0.2) is 0 Å². The topological polar surface area (TPSA) is 48.5 Å². The molecule has 6 heteroatoms. The molecule has 0 radical (unpaired) electrons. The van der Waals surface area contributed by atoms with E-state index in [1.807, 2.05) is 49.4 Å². The van der Waals surface area contributed by atoms with Crippen LogP contribution in [0.5, 0.6) is 0 Å². The molecule has 1 aliphatic rings. The number of amides is 1. The second-order valence-corrected chi connectivity index (χ2v) is 6.97. The Morgan fingerprint density at radius 2 is 1.88 bits per heavy atom. The number of aromatic nitrogens is 1. The number of nitrogens with one attached hydrogen (secondary N) is 1. The van der Waals surface area contributed by atoms with Crippen molar-refractivity contribution in [2.75, 3.05) is 37.6 Å². The van der Waals surface area contributed by atoms with E-state index in [4.69, 9.17) is 11.6 Å². The lowest BCUT2D eigenvalue weighted by molar-refractivity contribution is -0.125. The first-order chi connectivity index (χ1) is 12.6. The minimum Gasteiger partial charge on any atom is -0.369 e. The summed E-state index contributed by atoms with van der Waals surface area (Å²) in [7, 11) is 0. The molecule has 1 amide bonds. The standard InChI is InChI=1S/C20H25ClN4O/c1-16(20(26)23-11-9-18-4-2-3-10-22-18)24-12-14-25(15-13-24)19-7-5-17(21)6-8-19/h2-8,10,16H,9,11-15H2,1H3,(H,23,26)/t16-/m0/s1. The molecule has 1 aromatic heterocycles. The third-order valence-electron chi connectivity index (χ3n) is 4.84. The zero-order chi connectivity index (χ0) is 18.4. The van der Waals surface area contributed by atoms with Crippen molar-refractivity contribution in [3.05, 3.63) is 59.4 Å². The Labute approximate surface area is 160 Å². The minimum absolute atomic E-state index is 0.0841. The van der Waals surface area contributed by atoms with Gasteiger partial charge in [-0.15, -0.1) is 0 Å². The Morgan fingerprint density at radius 1 is 1.15 bits per heavy atom.